The highest BCUT2D eigenvalue weighted by Gasteiger charge is 2.35. The zero-order valence-corrected chi connectivity index (χ0v) is 14.8. The molecule has 0 spiro atoms. The molecule has 5 heteroatoms. The number of alkyl carbamates (subject to hydrolysis) is 1. The van der Waals surface area contributed by atoms with Crippen molar-refractivity contribution in [2.75, 3.05) is 6.54 Å². The van der Waals surface area contributed by atoms with Gasteiger partial charge >= 0.3 is 6.09 Å². The minimum absolute atomic E-state index is 0.154. The van der Waals surface area contributed by atoms with Crippen LogP contribution in [-0.4, -0.2) is 29.7 Å². The van der Waals surface area contributed by atoms with Crippen molar-refractivity contribution in [1.82, 2.24) is 10.6 Å². The van der Waals surface area contributed by atoms with E-state index in [9.17, 15) is 9.59 Å². The summed E-state index contributed by atoms with van der Waals surface area (Å²) in [6.07, 6.45) is 11.4. The van der Waals surface area contributed by atoms with Gasteiger partial charge in [0.25, 0.3) is 0 Å². The van der Waals surface area contributed by atoms with Crippen LogP contribution in [0, 0.1) is 0 Å². The number of nitrogens with one attached hydrogen (secondary N) is 2. The number of carbonyl (C=O) groups excluding carboxylic acids is 2. The summed E-state index contributed by atoms with van der Waals surface area (Å²) >= 11 is 0. The van der Waals surface area contributed by atoms with Crippen molar-refractivity contribution in [3.63, 3.8) is 0 Å². The van der Waals surface area contributed by atoms with Crippen LogP contribution in [0.2, 0.25) is 0 Å². The van der Waals surface area contributed by atoms with Crippen molar-refractivity contribution < 1.29 is 14.3 Å². The highest BCUT2D eigenvalue weighted by molar-refractivity contribution is 5.87. The van der Waals surface area contributed by atoms with Crippen LogP contribution in [-0.2, 0) is 9.53 Å². The van der Waals surface area contributed by atoms with E-state index in [1.165, 1.54) is 6.08 Å². The van der Waals surface area contributed by atoms with Gasteiger partial charge in [0.05, 0.1) is 5.54 Å². The molecule has 5 nitrogen and oxygen atoms in total. The Kier molecular flexibility index (Phi) is 7.33. The fraction of sp³-hybridized carbons (Fsp3) is 0.667. The highest BCUT2D eigenvalue weighted by Crippen LogP contribution is 2.28. The highest BCUT2D eigenvalue weighted by atomic mass is 16.6. The van der Waals surface area contributed by atoms with Crippen LogP contribution in [0.15, 0.2) is 24.3 Å². The van der Waals surface area contributed by atoms with Gasteiger partial charge in [-0.2, -0.15) is 0 Å². The van der Waals surface area contributed by atoms with Gasteiger partial charge in [0.2, 0.25) is 5.91 Å². The first-order valence-corrected chi connectivity index (χ1v) is 8.35. The normalized spacial score (nSPS) is 18.1. The maximum atomic E-state index is 12.1. The van der Waals surface area contributed by atoms with Crippen molar-refractivity contribution in [3.8, 4) is 0 Å². The van der Waals surface area contributed by atoms with Crippen molar-refractivity contribution >= 4 is 12.0 Å². The van der Waals surface area contributed by atoms with Crippen molar-refractivity contribution in [2.45, 2.75) is 70.9 Å². The lowest BCUT2D eigenvalue weighted by Gasteiger charge is -2.38. The van der Waals surface area contributed by atoms with Crippen LogP contribution in [0.4, 0.5) is 4.79 Å². The number of hydrogen-bond donors (Lipinski definition) is 2. The van der Waals surface area contributed by atoms with E-state index in [-0.39, 0.29) is 5.91 Å². The molecule has 2 N–H and O–H groups in total. The summed E-state index contributed by atoms with van der Waals surface area (Å²) in [6, 6.07) is 0. The van der Waals surface area contributed by atoms with Crippen LogP contribution in [0.5, 0.6) is 0 Å². The summed E-state index contributed by atoms with van der Waals surface area (Å²) in [5.41, 5.74) is -0.941. The molecule has 0 atom stereocenters. The molecule has 0 heterocycles. The van der Waals surface area contributed by atoms with Gasteiger partial charge < -0.3 is 15.4 Å². The second-order valence-electron chi connectivity index (χ2n) is 7.07. The molecule has 0 saturated heterocycles. The maximum Gasteiger partial charge on any atom is 0.408 e. The van der Waals surface area contributed by atoms with Gasteiger partial charge in [-0.05, 0) is 40.5 Å². The van der Waals surface area contributed by atoms with E-state index >= 15 is 0 Å². The lowest BCUT2D eigenvalue weighted by atomic mass is 9.81. The number of ether oxygens (including phenoxy) is 1. The van der Waals surface area contributed by atoms with Crippen molar-refractivity contribution in [3.05, 3.63) is 24.3 Å². The molecule has 0 aromatic heterocycles. The van der Waals surface area contributed by atoms with Gasteiger partial charge in [-0.25, -0.2) is 4.79 Å². The first kappa shape index (κ1) is 19.3. The van der Waals surface area contributed by atoms with Crippen LogP contribution >= 0.6 is 0 Å². The fourth-order valence-corrected chi connectivity index (χ4v) is 2.66. The standard InChI is InChI=1S/C18H30N2O3/c1-5-6-8-11-15(21)19-14-18(12-9-7-10-13-18)20-16(22)23-17(2,3)4/h5-6,8,11H,7,9-10,12-14H2,1-4H3,(H,19,21)(H,20,22). The minimum Gasteiger partial charge on any atom is -0.444 e. The van der Waals surface area contributed by atoms with E-state index in [2.05, 4.69) is 10.6 Å². The van der Waals surface area contributed by atoms with Crippen molar-refractivity contribution in [2.24, 2.45) is 0 Å². The first-order chi connectivity index (χ1) is 10.8. The van der Waals surface area contributed by atoms with Crippen LogP contribution < -0.4 is 10.6 Å². The molecule has 1 fully saturated rings. The third-order valence-electron chi connectivity index (χ3n) is 3.73. The predicted octanol–water partition coefficient (Wildman–Crippen LogP) is 3.46. The Morgan fingerprint density at radius 1 is 1.13 bits per heavy atom. The number of rotatable bonds is 5. The van der Waals surface area contributed by atoms with Gasteiger partial charge in [-0.15, -0.1) is 0 Å². The Bertz CT molecular complexity index is 455. The second kappa shape index (κ2) is 8.75. The lowest BCUT2D eigenvalue weighted by molar-refractivity contribution is -0.116. The van der Waals surface area contributed by atoms with Gasteiger partial charge in [0.1, 0.15) is 5.60 Å². The average Bonchev–Trinajstić information content (AvgIpc) is 2.44. The van der Waals surface area contributed by atoms with Gasteiger partial charge in [0.15, 0.2) is 0 Å². The summed E-state index contributed by atoms with van der Waals surface area (Å²) in [7, 11) is 0. The molecule has 0 aliphatic heterocycles. The van der Waals surface area contributed by atoms with E-state index in [0.717, 1.165) is 32.1 Å². The summed E-state index contributed by atoms with van der Waals surface area (Å²) < 4.78 is 5.37. The number of allylic oxidation sites excluding steroid dienone is 3. The molecule has 0 aromatic rings. The second-order valence-corrected chi connectivity index (χ2v) is 7.07. The van der Waals surface area contributed by atoms with Gasteiger partial charge in [0, 0.05) is 12.6 Å². The smallest absolute Gasteiger partial charge is 0.408 e. The Balaban J connectivity index is 2.64. The zero-order chi connectivity index (χ0) is 17.3. The first-order valence-electron chi connectivity index (χ1n) is 8.35. The van der Waals surface area contributed by atoms with E-state index in [0.29, 0.717) is 6.54 Å². The summed E-state index contributed by atoms with van der Waals surface area (Å²) in [4.78, 5) is 24.0. The third-order valence-corrected chi connectivity index (χ3v) is 3.73. The molecule has 23 heavy (non-hydrogen) atoms. The predicted molar refractivity (Wildman–Crippen MR) is 92.1 cm³/mol. The molecule has 2 amide bonds. The molecule has 1 aliphatic carbocycles. The molecule has 0 unspecified atom stereocenters. The van der Waals surface area contributed by atoms with Gasteiger partial charge in [-0.3, -0.25) is 4.79 Å². The number of hydrogen-bond acceptors (Lipinski definition) is 3. The van der Waals surface area contributed by atoms with Crippen LogP contribution in [0.3, 0.4) is 0 Å². The summed E-state index contributed by atoms with van der Waals surface area (Å²) in [6.45, 7) is 7.84. The monoisotopic (exact) mass is 322 g/mol. The molecule has 1 aliphatic rings. The van der Waals surface area contributed by atoms with E-state index in [1.807, 2.05) is 33.8 Å². The minimum atomic E-state index is -0.529. The molecule has 0 bridgehead atoms. The summed E-state index contributed by atoms with van der Waals surface area (Å²) in [5, 5.41) is 5.89. The zero-order valence-electron chi connectivity index (χ0n) is 14.8. The molecular weight excluding hydrogens is 292 g/mol. The maximum absolute atomic E-state index is 12.1. The fourth-order valence-electron chi connectivity index (χ4n) is 2.66. The number of carbonyl (C=O) groups is 2. The van der Waals surface area contributed by atoms with Crippen molar-refractivity contribution in [1.29, 1.82) is 0 Å². The largest absolute Gasteiger partial charge is 0.444 e. The molecular formula is C18H30N2O3. The Hall–Kier alpha value is -1.78. The molecule has 0 aromatic carbocycles. The molecule has 1 rings (SSSR count). The molecule has 0 radical (unpaired) electrons. The number of amides is 2. The Morgan fingerprint density at radius 2 is 1.78 bits per heavy atom. The lowest BCUT2D eigenvalue weighted by Crippen LogP contribution is -2.57. The topological polar surface area (TPSA) is 67.4 Å². The van der Waals surface area contributed by atoms with Crippen LogP contribution in [0.25, 0.3) is 0 Å². The SMILES string of the molecule is CC=CC=CC(=O)NCC1(NC(=O)OC(C)(C)C)CCCCC1. The molecule has 130 valence electrons. The van der Waals surface area contributed by atoms with E-state index in [4.69, 9.17) is 4.74 Å². The van der Waals surface area contributed by atoms with E-state index in [1.54, 1.807) is 12.2 Å². The van der Waals surface area contributed by atoms with E-state index < -0.39 is 17.2 Å². The van der Waals surface area contributed by atoms with Crippen LogP contribution in [0.1, 0.15) is 59.8 Å². The van der Waals surface area contributed by atoms with Gasteiger partial charge in [-0.1, -0.05) is 37.5 Å². The Morgan fingerprint density at radius 3 is 2.35 bits per heavy atom. The quantitative estimate of drug-likeness (QED) is 0.601. The molecule has 1 saturated carbocycles. The summed E-state index contributed by atoms with van der Waals surface area (Å²) in [5.74, 6) is -0.154. The third kappa shape index (κ3) is 7.86. The average molecular weight is 322 g/mol. The Labute approximate surface area is 139 Å².